The van der Waals surface area contributed by atoms with Crippen LogP contribution in [0.3, 0.4) is 0 Å². The fourth-order valence-electron chi connectivity index (χ4n) is 3.68. The van der Waals surface area contributed by atoms with E-state index in [9.17, 15) is 9.90 Å². The van der Waals surface area contributed by atoms with E-state index in [1.54, 1.807) is 0 Å². The number of Topliss-reactive ketones (excluding diaryl/α,β-unsaturated/α-hetero) is 1. The van der Waals surface area contributed by atoms with Crippen LogP contribution >= 0.6 is 0 Å². The lowest BCUT2D eigenvalue weighted by atomic mass is 9.65. The van der Waals surface area contributed by atoms with Crippen LogP contribution < -0.4 is 0 Å². The average molecular weight is 294 g/mol. The third-order valence-electron chi connectivity index (χ3n) is 4.98. The number of rotatable bonds is 3. The number of aliphatic hydroxyl groups is 1. The number of hydrogen-bond donors (Lipinski definition) is 1. The highest BCUT2D eigenvalue weighted by Crippen LogP contribution is 2.45. The second kappa shape index (κ2) is 6.05. The molecule has 114 valence electrons. The molecule has 2 heteroatoms. The number of benzene rings is 2. The highest BCUT2D eigenvalue weighted by Gasteiger charge is 2.45. The lowest BCUT2D eigenvalue weighted by Gasteiger charge is -2.42. The van der Waals surface area contributed by atoms with Gasteiger partial charge in [-0.1, -0.05) is 67.6 Å². The van der Waals surface area contributed by atoms with Gasteiger partial charge in [0.15, 0.2) is 0 Å². The molecule has 3 rings (SSSR count). The van der Waals surface area contributed by atoms with Crippen LogP contribution in [0.25, 0.3) is 0 Å². The molecule has 0 radical (unpaired) electrons. The Morgan fingerprint density at radius 3 is 1.95 bits per heavy atom. The minimum atomic E-state index is -1.11. The zero-order chi connectivity index (χ0) is 15.6. The van der Waals surface area contributed by atoms with Gasteiger partial charge in [-0.05, 0) is 23.5 Å². The van der Waals surface area contributed by atoms with Gasteiger partial charge in [-0.25, -0.2) is 0 Å². The lowest BCUT2D eigenvalue weighted by Crippen LogP contribution is -2.43. The summed E-state index contributed by atoms with van der Waals surface area (Å²) in [5.74, 6) is 0.482. The van der Waals surface area contributed by atoms with Crippen molar-refractivity contribution >= 4 is 5.78 Å². The van der Waals surface area contributed by atoms with E-state index in [4.69, 9.17) is 0 Å². The van der Waals surface area contributed by atoms with E-state index < -0.39 is 5.60 Å². The van der Waals surface area contributed by atoms with Gasteiger partial charge in [0.2, 0.25) is 0 Å². The van der Waals surface area contributed by atoms with Crippen LogP contribution in [0.4, 0.5) is 0 Å². The van der Waals surface area contributed by atoms with Crippen LogP contribution in [0, 0.1) is 11.8 Å². The maximum atomic E-state index is 12.0. The minimum Gasteiger partial charge on any atom is -0.380 e. The summed E-state index contributed by atoms with van der Waals surface area (Å²) in [6.45, 7) is 2.15. The summed E-state index contributed by atoms with van der Waals surface area (Å²) in [4.78, 5) is 12.0. The molecule has 22 heavy (non-hydrogen) atoms. The van der Waals surface area contributed by atoms with Crippen LogP contribution in [-0.2, 0) is 10.4 Å². The monoisotopic (exact) mass is 294 g/mol. The standard InChI is InChI=1S/C20H22O2/c1-15-12-13-18(21)14-19(15)20(22,16-8-4-2-5-9-16)17-10-6-3-7-11-17/h2-11,15,19,22H,12-14H2,1H3/t15-,19-/m1/s1. The highest BCUT2D eigenvalue weighted by molar-refractivity contribution is 5.79. The predicted octanol–water partition coefficient (Wildman–Crippen LogP) is 3.93. The summed E-state index contributed by atoms with van der Waals surface area (Å²) in [5, 5.41) is 11.7. The molecule has 1 aliphatic rings. The van der Waals surface area contributed by atoms with Gasteiger partial charge < -0.3 is 5.11 Å². The molecule has 1 N–H and O–H groups in total. The van der Waals surface area contributed by atoms with Gasteiger partial charge in [0.1, 0.15) is 11.4 Å². The van der Waals surface area contributed by atoms with E-state index >= 15 is 0 Å². The molecule has 0 heterocycles. The van der Waals surface area contributed by atoms with E-state index in [1.807, 2.05) is 60.7 Å². The second-order valence-corrected chi connectivity index (χ2v) is 6.36. The summed E-state index contributed by atoms with van der Waals surface area (Å²) >= 11 is 0. The average Bonchev–Trinajstić information content (AvgIpc) is 2.58. The Kier molecular flexibility index (Phi) is 4.12. The van der Waals surface area contributed by atoms with Crippen LogP contribution in [0.2, 0.25) is 0 Å². The molecule has 0 spiro atoms. The first-order valence-corrected chi connectivity index (χ1v) is 7.97. The summed E-state index contributed by atoms with van der Waals surface area (Å²) in [7, 11) is 0. The SMILES string of the molecule is C[C@@H]1CCC(=O)C[C@H]1C(O)(c1ccccc1)c1ccccc1. The van der Waals surface area contributed by atoms with E-state index in [0.29, 0.717) is 18.8 Å². The van der Waals surface area contributed by atoms with Gasteiger partial charge >= 0.3 is 0 Å². The van der Waals surface area contributed by atoms with Crippen molar-refractivity contribution in [1.82, 2.24) is 0 Å². The molecule has 1 saturated carbocycles. The third-order valence-corrected chi connectivity index (χ3v) is 4.98. The van der Waals surface area contributed by atoms with E-state index in [2.05, 4.69) is 6.92 Å². The maximum Gasteiger partial charge on any atom is 0.133 e. The molecular weight excluding hydrogens is 272 g/mol. The van der Waals surface area contributed by atoms with Gasteiger partial charge in [-0.2, -0.15) is 0 Å². The maximum absolute atomic E-state index is 12.0. The summed E-state index contributed by atoms with van der Waals surface area (Å²) in [5.41, 5.74) is 0.623. The van der Waals surface area contributed by atoms with Gasteiger partial charge in [-0.15, -0.1) is 0 Å². The zero-order valence-electron chi connectivity index (χ0n) is 12.9. The molecule has 2 aromatic rings. The summed E-state index contributed by atoms with van der Waals surface area (Å²) < 4.78 is 0. The van der Waals surface area contributed by atoms with E-state index in [1.165, 1.54) is 0 Å². The predicted molar refractivity (Wildman–Crippen MR) is 87.4 cm³/mol. The first kappa shape index (κ1) is 15.0. The third kappa shape index (κ3) is 2.59. The van der Waals surface area contributed by atoms with Crippen molar-refractivity contribution in [3.63, 3.8) is 0 Å². The fourth-order valence-corrected chi connectivity index (χ4v) is 3.68. The number of carbonyl (C=O) groups excluding carboxylic acids is 1. The molecule has 0 aromatic heterocycles. The Bertz CT molecular complexity index is 594. The van der Waals surface area contributed by atoms with Gasteiger partial charge in [0, 0.05) is 18.8 Å². The van der Waals surface area contributed by atoms with Crippen LogP contribution in [-0.4, -0.2) is 10.9 Å². The van der Waals surface area contributed by atoms with Crippen LogP contribution in [0.15, 0.2) is 60.7 Å². The quantitative estimate of drug-likeness (QED) is 0.931. The smallest absolute Gasteiger partial charge is 0.133 e. The van der Waals surface area contributed by atoms with Gasteiger partial charge in [-0.3, -0.25) is 4.79 Å². The van der Waals surface area contributed by atoms with Crippen molar-refractivity contribution in [1.29, 1.82) is 0 Å². The molecular formula is C20H22O2. The van der Waals surface area contributed by atoms with Crippen molar-refractivity contribution in [3.8, 4) is 0 Å². The molecule has 2 nitrogen and oxygen atoms in total. The van der Waals surface area contributed by atoms with Crippen molar-refractivity contribution in [2.45, 2.75) is 31.8 Å². The Hall–Kier alpha value is -1.93. The molecule has 2 aromatic carbocycles. The van der Waals surface area contributed by atoms with Gasteiger partial charge in [0.05, 0.1) is 0 Å². The molecule has 2 atom stereocenters. The number of ketones is 1. The van der Waals surface area contributed by atoms with E-state index in [0.717, 1.165) is 17.5 Å². The largest absolute Gasteiger partial charge is 0.380 e. The summed E-state index contributed by atoms with van der Waals surface area (Å²) in [6.07, 6.45) is 1.93. The molecule has 1 aliphatic carbocycles. The Morgan fingerprint density at radius 2 is 1.45 bits per heavy atom. The minimum absolute atomic E-state index is 0.0847. The Morgan fingerprint density at radius 1 is 0.955 bits per heavy atom. The van der Waals surface area contributed by atoms with Gasteiger partial charge in [0.25, 0.3) is 0 Å². The van der Waals surface area contributed by atoms with Crippen LogP contribution in [0.5, 0.6) is 0 Å². The van der Waals surface area contributed by atoms with Crippen molar-refractivity contribution in [2.75, 3.05) is 0 Å². The Labute approximate surface area is 131 Å². The van der Waals surface area contributed by atoms with E-state index in [-0.39, 0.29) is 11.7 Å². The fraction of sp³-hybridized carbons (Fsp3) is 0.350. The highest BCUT2D eigenvalue weighted by atomic mass is 16.3. The van der Waals surface area contributed by atoms with Crippen molar-refractivity contribution in [3.05, 3.63) is 71.8 Å². The number of hydrogen-bond acceptors (Lipinski definition) is 2. The molecule has 0 bridgehead atoms. The molecule has 0 amide bonds. The normalized spacial score (nSPS) is 22.5. The summed E-state index contributed by atoms with van der Waals surface area (Å²) in [6, 6.07) is 19.5. The van der Waals surface area contributed by atoms with Crippen molar-refractivity contribution in [2.24, 2.45) is 11.8 Å². The first-order valence-electron chi connectivity index (χ1n) is 7.97. The zero-order valence-corrected chi connectivity index (χ0v) is 12.9. The lowest BCUT2D eigenvalue weighted by molar-refractivity contribution is -0.127. The molecule has 1 fully saturated rings. The van der Waals surface area contributed by atoms with Crippen molar-refractivity contribution < 1.29 is 9.90 Å². The van der Waals surface area contributed by atoms with Crippen LogP contribution in [0.1, 0.15) is 37.3 Å². The topological polar surface area (TPSA) is 37.3 Å². The molecule has 0 aliphatic heterocycles. The Balaban J connectivity index is 2.13. The second-order valence-electron chi connectivity index (χ2n) is 6.36. The molecule has 0 saturated heterocycles. The number of carbonyl (C=O) groups is 1. The first-order chi connectivity index (χ1) is 10.6. The molecule has 0 unspecified atom stereocenters.